The first kappa shape index (κ1) is 18.6. The molecule has 0 fully saturated rings. The molecule has 1 N–H and O–H groups in total. The number of alkyl halides is 2. The number of halogens is 2. The van der Waals surface area contributed by atoms with Gasteiger partial charge in [0.05, 0.1) is 12.2 Å². The molecule has 0 aromatic heterocycles. The standard InChI is InChI=1S/C20H20F2N2OS/c21-20(22)26-18-9-5-4-8-17(18)23-19(25)14-24-12-10-16(11-13-24)15-6-2-1-3-7-15/h1-10,20H,11-14H2,(H,23,25). The first-order valence-electron chi connectivity index (χ1n) is 8.42. The quantitative estimate of drug-likeness (QED) is 0.742. The minimum absolute atomic E-state index is 0.191. The van der Waals surface area contributed by atoms with E-state index in [0.29, 0.717) is 28.9 Å². The highest BCUT2D eigenvalue weighted by molar-refractivity contribution is 7.99. The highest BCUT2D eigenvalue weighted by Crippen LogP contribution is 2.31. The molecule has 0 bridgehead atoms. The lowest BCUT2D eigenvalue weighted by molar-refractivity contribution is -0.117. The molecule has 2 aromatic rings. The van der Waals surface area contributed by atoms with E-state index in [1.165, 1.54) is 11.1 Å². The Bertz CT molecular complexity index is 780. The lowest BCUT2D eigenvalue weighted by Crippen LogP contribution is -2.36. The van der Waals surface area contributed by atoms with Crippen LogP contribution >= 0.6 is 11.8 Å². The monoisotopic (exact) mass is 374 g/mol. The van der Waals surface area contributed by atoms with Gasteiger partial charge in [-0.05, 0) is 29.7 Å². The summed E-state index contributed by atoms with van der Waals surface area (Å²) in [5, 5.41) is 2.75. The van der Waals surface area contributed by atoms with Gasteiger partial charge in [0.1, 0.15) is 0 Å². The number of thioether (sulfide) groups is 1. The lowest BCUT2D eigenvalue weighted by Gasteiger charge is -2.26. The number of hydrogen-bond acceptors (Lipinski definition) is 3. The van der Waals surface area contributed by atoms with Crippen molar-refractivity contribution in [3.05, 3.63) is 66.2 Å². The Morgan fingerprint density at radius 2 is 1.85 bits per heavy atom. The smallest absolute Gasteiger partial charge is 0.288 e. The van der Waals surface area contributed by atoms with E-state index in [1.54, 1.807) is 24.3 Å². The second-order valence-corrected chi connectivity index (χ2v) is 7.04. The van der Waals surface area contributed by atoms with Crippen molar-refractivity contribution < 1.29 is 13.6 Å². The Morgan fingerprint density at radius 1 is 1.12 bits per heavy atom. The average Bonchev–Trinajstić information content (AvgIpc) is 2.64. The predicted molar refractivity (Wildman–Crippen MR) is 102 cm³/mol. The van der Waals surface area contributed by atoms with Crippen LogP contribution in [0.4, 0.5) is 14.5 Å². The molecular formula is C20H20F2N2OS. The Morgan fingerprint density at radius 3 is 2.54 bits per heavy atom. The van der Waals surface area contributed by atoms with Gasteiger partial charge in [0.25, 0.3) is 5.76 Å². The van der Waals surface area contributed by atoms with Crippen molar-refractivity contribution in [2.24, 2.45) is 0 Å². The van der Waals surface area contributed by atoms with E-state index in [9.17, 15) is 13.6 Å². The van der Waals surface area contributed by atoms with Gasteiger partial charge in [0.2, 0.25) is 5.91 Å². The van der Waals surface area contributed by atoms with Crippen molar-refractivity contribution in [1.82, 2.24) is 4.90 Å². The second kappa shape index (κ2) is 8.96. The molecule has 0 spiro atoms. The number of carbonyl (C=O) groups excluding carboxylic acids is 1. The molecule has 1 heterocycles. The van der Waals surface area contributed by atoms with Gasteiger partial charge in [-0.2, -0.15) is 8.78 Å². The van der Waals surface area contributed by atoms with Crippen LogP contribution in [0.25, 0.3) is 5.57 Å². The van der Waals surface area contributed by atoms with Gasteiger partial charge in [-0.15, -0.1) is 0 Å². The molecule has 0 aliphatic carbocycles. The number of amides is 1. The number of anilines is 1. The highest BCUT2D eigenvalue weighted by Gasteiger charge is 2.17. The number of carbonyl (C=O) groups is 1. The van der Waals surface area contributed by atoms with Crippen LogP contribution in [0.5, 0.6) is 0 Å². The molecule has 1 aliphatic rings. The third-order valence-corrected chi connectivity index (χ3v) is 4.97. The zero-order valence-electron chi connectivity index (χ0n) is 14.2. The Kier molecular flexibility index (Phi) is 6.41. The normalized spacial score (nSPS) is 15.0. The summed E-state index contributed by atoms with van der Waals surface area (Å²) in [4.78, 5) is 14.7. The summed E-state index contributed by atoms with van der Waals surface area (Å²) >= 11 is 0.440. The van der Waals surface area contributed by atoms with E-state index in [0.717, 1.165) is 13.0 Å². The van der Waals surface area contributed by atoms with E-state index in [2.05, 4.69) is 23.5 Å². The van der Waals surface area contributed by atoms with Gasteiger partial charge in [-0.3, -0.25) is 9.69 Å². The van der Waals surface area contributed by atoms with Gasteiger partial charge < -0.3 is 5.32 Å². The molecule has 26 heavy (non-hydrogen) atoms. The van der Waals surface area contributed by atoms with Crippen LogP contribution in [-0.4, -0.2) is 36.2 Å². The zero-order valence-corrected chi connectivity index (χ0v) is 15.0. The fourth-order valence-electron chi connectivity index (χ4n) is 2.93. The summed E-state index contributed by atoms with van der Waals surface area (Å²) in [5.41, 5.74) is 2.94. The number of rotatable bonds is 6. The summed E-state index contributed by atoms with van der Waals surface area (Å²) < 4.78 is 25.2. The van der Waals surface area contributed by atoms with Gasteiger partial charge in [0, 0.05) is 18.0 Å². The maximum atomic E-state index is 12.6. The third-order valence-electron chi connectivity index (χ3n) is 4.18. The third kappa shape index (κ3) is 5.16. The number of para-hydroxylation sites is 1. The van der Waals surface area contributed by atoms with Crippen LogP contribution in [0.3, 0.4) is 0 Å². The molecule has 1 aliphatic heterocycles. The molecule has 0 radical (unpaired) electrons. The second-order valence-electron chi connectivity index (χ2n) is 6.00. The van der Waals surface area contributed by atoms with Crippen LogP contribution in [0, 0.1) is 0 Å². The molecule has 3 rings (SSSR count). The molecule has 0 saturated heterocycles. The number of hydrogen-bond donors (Lipinski definition) is 1. The molecule has 6 heteroatoms. The van der Waals surface area contributed by atoms with Gasteiger partial charge >= 0.3 is 0 Å². The molecule has 0 atom stereocenters. The highest BCUT2D eigenvalue weighted by atomic mass is 32.2. The number of nitrogens with zero attached hydrogens (tertiary/aromatic N) is 1. The Labute approximate surface area is 156 Å². The SMILES string of the molecule is O=C(CN1CC=C(c2ccccc2)CC1)Nc1ccccc1SC(F)F. The largest absolute Gasteiger partial charge is 0.324 e. The predicted octanol–water partition coefficient (Wildman–Crippen LogP) is 4.73. The van der Waals surface area contributed by atoms with E-state index < -0.39 is 5.76 Å². The van der Waals surface area contributed by atoms with Crippen molar-refractivity contribution in [3.63, 3.8) is 0 Å². The number of nitrogens with one attached hydrogen (secondary N) is 1. The Balaban J connectivity index is 1.56. The molecule has 3 nitrogen and oxygen atoms in total. The molecule has 2 aromatic carbocycles. The summed E-state index contributed by atoms with van der Waals surface area (Å²) in [6.45, 7) is 1.74. The topological polar surface area (TPSA) is 32.3 Å². The van der Waals surface area contributed by atoms with Crippen LogP contribution in [0.1, 0.15) is 12.0 Å². The summed E-state index contributed by atoms with van der Waals surface area (Å²) in [7, 11) is 0. The lowest BCUT2D eigenvalue weighted by atomic mass is 10.00. The van der Waals surface area contributed by atoms with Crippen LogP contribution < -0.4 is 5.32 Å². The average molecular weight is 374 g/mol. The zero-order chi connectivity index (χ0) is 18.4. The molecular weight excluding hydrogens is 354 g/mol. The van der Waals surface area contributed by atoms with Gasteiger partial charge in [0.15, 0.2) is 0 Å². The van der Waals surface area contributed by atoms with E-state index in [1.807, 2.05) is 23.1 Å². The van der Waals surface area contributed by atoms with E-state index >= 15 is 0 Å². The molecule has 0 saturated carbocycles. The molecule has 0 unspecified atom stereocenters. The fourth-order valence-corrected chi connectivity index (χ4v) is 3.53. The summed E-state index contributed by atoms with van der Waals surface area (Å²) in [6.07, 6.45) is 3.03. The van der Waals surface area contributed by atoms with Crippen LogP contribution in [-0.2, 0) is 4.79 Å². The van der Waals surface area contributed by atoms with E-state index in [-0.39, 0.29) is 12.5 Å². The van der Waals surface area contributed by atoms with Crippen LogP contribution in [0.15, 0.2) is 65.6 Å². The summed E-state index contributed by atoms with van der Waals surface area (Å²) in [5.74, 6) is -2.71. The van der Waals surface area contributed by atoms with Crippen molar-refractivity contribution in [3.8, 4) is 0 Å². The van der Waals surface area contributed by atoms with Crippen LogP contribution in [0.2, 0.25) is 0 Å². The molecule has 136 valence electrons. The van der Waals surface area contributed by atoms with Crippen molar-refractivity contribution in [2.45, 2.75) is 17.1 Å². The number of benzene rings is 2. The van der Waals surface area contributed by atoms with Gasteiger partial charge in [-0.1, -0.05) is 60.3 Å². The maximum Gasteiger partial charge on any atom is 0.288 e. The van der Waals surface area contributed by atoms with Gasteiger partial charge in [-0.25, -0.2) is 0 Å². The minimum atomic E-state index is -2.52. The Hall–Kier alpha value is -2.18. The maximum absolute atomic E-state index is 12.6. The van der Waals surface area contributed by atoms with Crippen molar-refractivity contribution in [2.75, 3.05) is 25.0 Å². The first-order valence-corrected chi connectivity index (χ1v) is 9.30. The summed E-state index contributed by atoms with van der Waals surface area (Å²) in [6, 6.07) is 16.8. The molecule has 1 amide bonds. The van der Waals surface area contributed by atoms with E-state index in [4.69, 9.17) is 0 Å². The minimum Gasteiger partial charge on any atom is -0.324 e. The fraction of sp³-hybridized carbons (Fsp3) is 0.250. The van der Waals surface area contributed by atoms with Crippen molar-refractivity contribution in [1.29, 1.82) is 0 Å². The van der Waals surface area contributed by atoms with Crippen molar-refractivity contribution >= 4 is 28.9 Å². The first-order chi connectivity index (χ1) is 12.6.